The van der Waals surface area contributed by atoms with Crippen LogP contribution < -0.4 is 5.32 Å². The Kier molecular flexibility index (Phi) is 2.88. The van der Waals surface area contributed by atoms with Crippen LogP contribution in [0.2, 0.25) is 0 Å². The van der Waals surface area contributed by atoms with Crippen molar-refractivity contribution in [2.45, 2.75) is 32.4 Å². The number of halogens is 1. The van der Waals surface area contributed by atoms with Crippen LogP contribution in [0, 0.1) is 12.7 Å². The van der Waals surface area contributed by atoms with Crippen LogP contribution >= 0.6 is 0 Å². The van der Waals surface area contributed by atoms with Gasteiger partial charge in [-0.1, -0.05) is 6.07 Å². The third kappa shape index (κ3) is 2.16. The number of nitrogens with zero attached hydrogens (tertiary/aromatic N) is 2. The van der Waals surface area contributed by atoms with Gasteiger partial charge in [-0.25, -0.2) is 9.37 Å². The molecule has 0 atom stereocenters. The fraction of sp³-hybridized carbons (Fsp3) is 0.357. The van der Waals surface area contributed by atoms with E-state index in [4.69, 9.17) is 0 Å². The Morgan fingerprint density at radius 2 is 2.28 bits per heavy atom. The third-order valence-corrected chi connectivity index (χ3v) is 3.32. The molecule has 94 valence electrons. The van der Waals surface area contributed by atoms with E-state index in [2.05, 4.69) is 10.3 Å². The van der Waals surface area contributed by atoms with Crippen LogP contribution in [-0.2, 0) is 6.54 Å². The summed E-state index contributed by atoms with van der Waals surface area (Å²) in [5, 5.41) is 3.36. The van der Waals surface area contributed by atoms with E-state index in [0.717, 1.165) is 11.5 Å². The van der Waals surface area contributed by atoms with Crippen LogP contribution in [0.25, 0.3) is 5.69 Å². The summed E-state index contributed by atoms with van der Waals surface area (Å²) < 4.78 is 15.9. The highest BCUT2D eigenvalue weighted by Gasteiger charge is 2.21. The number of benzene rings is 1. The molecule has 1 aliphatic carbocycles. The molecule has 1 heterocycles. The summed E-state index contributed by atoms with van der Waals surface area (Å²) in [4.78, 5) is 4.19. The number of imidazole rings is 1. The second kappa shape index (κ2) is 4.53. The van der Waals surface area contributed by atoms with E-state index >= 15 is 0 Å². The fourth-order valence-electron chi connectivity index (χ4n) is 2.11. The molecule has 0 spiro atoms. The smallest absolute Gasteiger partial charge is 0.129 e. The molecule has 1 aromatic carbocycles. The highest BCUT2D eigenvalue weighted by molar-refractivity contribution is 5.43. The summed E-state index contributed by atoms with van der Waals surface area (Å²) in [6, 6.07) is 5.76. The lowest BCUT2D eigenvalue weighted by molar-refractivity contribution is 0.584. The summed E-state index contributed by atoms with van der Waals surface area (Å²) in [7, 11) is 0. The van der Waals surface area contributed by atoms with Gasteiger partial charge in [0.1, 0.15) is 11.6 Å². The van der Waals surface area contributed by atoms with Crippen LogP contribution in [0.5, 0.6) is 0 Å². The van der Waals surface area contributed by atoms with Gasteiger partial charge in [0.25, 0.3) is 0 Å². The van der Waals surface area contributed by atoms with Gasteiger partial charge in [-0.15, -0.1) is 0 Å². The Bertz CT molecular complexity index is 558. The predicted molar refractivity (Wildman–Crippen MR) is 68.1 cm³/mol. The average molecular weight is 245 g/mol. The lowest BCUT2D eigenvalue weighted by Gasteiger charge is -2.13. The van der Waals surface area contributed by atoms with Crippen molar-refractivity contribution < 1.29 is 4.39 Å². The number of aromatic nitrogens is 2. The zero-order valence-electron chi connectivity index (χ0n) is 10.4. The van der Waals surface area contributed by atoms with Crippen molar-refractivity contribution in [1.29, 1.82) is 0 Å². The van der Waals surface area contributed by atoms with E-state index in [-0.39, 0.29) is 5.82 Å². The molecule has 0 saturated heterocycles. The molecule has 0 bridgehead atoms. The van der Waals surface area contributed by atoms with Crippen molar-refractivity contribution in [3.63, 3.8) is 0 Å². The summed E-state index contributed by atoms with van der Waals surface area (Å²) in [6.07, 6.45) is 6.00. The lowest BCUT2D eigenvalue weighted by Crippen LogP contribution is -2.18. The largest absolute Gasteiger partial charge is 0.310 e. The van der Waals surface area contributed by atoms with Crippen LogP contribution in [0.4, 0.5) is 4.39 Å². The van der Waals surface area contributed by atoms with E-state index in [0.29, 0.717) is 18.2 Å². The minimum absolute atomic E-state index is 0.159. The summed E-state index contributed by atoms with van der Waals surface area (Å²) in [5.41, 5.74) is 1.59. The Morgan fingerprint density at radius 3 is 2.94 bits per heavy atom. The Balaban J connectivity index is 1.97. The van der Waals surface area contributed by atoms with E-state index in [1.54, 1.807) is 12.3 Å². The summed E-state index contributed by atoms with van der Waals surface area (Å²) in [5.74, 6) is 0.710. The zero-order chi connectivity index (χ0) is 12.5. The molecule has 1 aromatic heterocycles. The number of nitrogens with one attached hydrogen (secondary N) is 1. The SMILES string of the molecule is Cc1nccn1-c1cccc(F)c1CNC1CC1. The van der Waals surface area contributed by atoms with Crippen molar-refractivity contribution in [3.05, 3.63) is 47.8 Å². The average Bonchev–Trinajstić information content (AvgIpc) is 3.09. The van der Waals surface area contributed by atoms with Gasteiger partial charge in [0.15, 0.2) is 0 Å². The van der Waals surface area contributed by atoms with Gasteiger partial charge in [-0.05, 0) is 31.9 Å². The molecule has 3 rings (SSSR count). The second-order valence-corrected chi connectivity index (χ2v) is 4.74. The maximum Gasteiger partial charge on any atom is 0.129 e. The van der Waals surface area contributed by atoms with Gasteiger partial charge in [0, 0.05) is 30.5 Å². The number of rotatable bonds is 4. The maximum absolute atomic E-state index is 14.0. The molecular weight excluding hydrogens is 229 g/mol. The molecule has 18 heavy (non-hydrogen) atoms. The molecule has 0 radical (unpaired) electrons. The first-order valence-electron chi connectivity index (χ1n) is 6.27. The molecule has 3 nitrogen and oxygen atoms in total. The monoisotopic (exact) mass is 245 g/mol. The standard InChI is InChI=1S/C14H16FN3/c1-10-16-7-8-18(10)14-4-2-3-13(15)12(14)9-17-11-5-6-11/h2-4,7-8,11,17H,5-6,9H2,1H3. The normalized spacial score (nSPS) is 15.0. The van der Waals surface area contributed by atoms with Gasteiger partial charge in [0.05, 0.1) is 5.69 Å². The van der Waals surface area contributed by atoms with Gasteiger partial charge < -0.3 is 9.88 Å². The number of hydrogen-bond acceptors (Lipinski definition) is 2. The molecule has 2 aromatic rings. The highest BCUT2D eigenvalue weighted by atomic mass is 19.1. The number of aryl methyl sites for hydroxylation is 1. The van der Waals surface area contributed by atoms with E-state index in [9.17, 15) is 4.39 Å². The predicted octanol–water partition coefficient (Wildman–Crippen LogP) is 2.57. The zero-order valence-corrected chi connectivity index (χ0v) is 10.4. The van der Waals surface area contributed by atoms with Gasteiger partial charge in [0.2, 0.25) is 0 Å². The highest BCUT2D eigenvalue weighted by Crippen LogP contribution is 2.23. The van der Waals surface area contributed by atoms with Crippen molar-refractivity contribution >= 4 is 0 Å². The quantitative estimate of drug-likeness (QED) is 0.897. The van der Waals surface area contributed by atoms with Gasteiger partial charge >= 0.3 is 0 Å². The fourth-order valence-corrected chi connectivity index (χ4v) is 2.11. The molecule has 1 saturated carbocycles. The third-order valence-electron chi connectivity index (χ3n) is 3.32. The topological polar surface area (TPSA) is 29.9 Å². The molecule has 4 heteroatoms. The van der Waals surface area contributed by atoms with Crippen LogP contribution in [0.1, 0.15) is 24.2 Å². The van der Waals surface area contributed by atoms with Gasteiger partial charge in [-0.3, -0.25) is 0 Å². The van der Waals surface area contributed by atoms with E-state index in [1.165, 1.54) is 18.9 Å². The van der Waals surface area contributed by atoms with E-state index in [1.807, 2.05) is 23.8 Å². The molecule has 1 fully saturated rings. The summed E-state index contributed by atoms with van der Waals surface area (Å²) >= 11 is 0. The Labute approximate surface area is 106 Å². The minimum atomic E-state index is -0.159. The van der Waals surface area contributed by atoms with Crippen LogP contribution in [-0.4, -0.2) is 15.6 Å². The van der Waals surface area contributed by atoms with Crippen LogP contribution in [0.15, 0.2) is 30.6 Å². The maximum atomic E-state index is 14.0. The molecular formula is C14H16FN3. The first kappa shape index (κ1) is 11.4. The number of hydrogen-bond donors (Lipinski definition) is 1. The first-order chi connectivity index (χ1) is 8.75. The molecule has 0 unspecified atom stereocenters. The summed E-state index contributed by atoms with van der Waals surface area (Å²) in [6.45, 7) is 2.49. The van der Waals surface area contributed by atoms with Gasteiger partial charge in [-0.2, -0.15) is 0 Å². The lowest BCUT2D eigenvalue weighted by atomic mass is 10.1. The molecule has 1 N–H and O–H groups in total. The minimum Gasteiger partial charge on any atom is -0.310 e. The van der Waals surface area contributed by atoms with Crippen molar-refractivity contribution in [2.75, 3.05) is 0 Å². The first-order valence-corrected chi connectivity index (χ1v) is 6.27. The molecule has 0 aliphatic heterocycles. The van der Waals surface area contributed by atoms with E-state index < -0.39 is 0 Å². The Morgan fingerprint density at radius 1 is 1.44 bits per heavy atom. The van der Waals surface area contributed by atoms with Crippen molar-refractivity contribution in [1.82, 2.24) is 14.9 Å². The molecule has 0 amide bonds. The molecule has 1 aliphatic rings. The second-order valence-electron chi connectivity index (χ2n) is 4.74. The van der Waals surface area contributed by atoms with Crippen LogP contribution in [0.3, 0.4) is 0 Å². The van der Waals surface area contributed by atoms with Crippen molar-refractivity contribution in [3.8, 4) is 5.69 Å². The Hall–Kier alpha value is -1.68. The van der Waals surface area contributed by atoms with Crippen molar-refractivity contribution in [2.24, 2.45) is 0 Å².